The van der Waals surface area contributed by atoms with E-state index < -0.39 is 30.9 Å². The van der Waals surface area contributed by atoms with Crippen LogP contribution in [0.5, 0.6) is 0 Å². The van der Waals surface area contributed by atoms with Crippen LogP contribution in [0.3, 0.4) is 0 Å². The molecule has 11 nitrogen and oxygen atoms in total. The molecule has 3 N–H and O–H groups in total. The van der Waals surface area contributed by atoms with Gasteiger partial charge < -0.3 is 29.7 Å². The molecule has 0 aliphatic rings. The lowest BCUT2D eigenvalue weighted by Gasteiger charge is -2.17. The average Bonchev–Trinajstić information content (AvgIpc) is 2.70. The number of carbonyl (C=O) groups is 4. The first-order valence-corrected chi connectivity index (χ1v) is 9.64. The van der Waals surface area contributed by atoms with Crippen molar-refractivity contribution in [1.29, 1.82) is 0 Å². The van der Waals surface area contributed by atoms with E-state index in [2.05, 4.69) is 5.32 Å². The highest BCUT2D eigenvalue weighted by atomic mass is 16.5. The molecule has 0 radical (unpaired) electrons. The van der Waals surface area contributed by atoms with Gasteiger partial charge in [-0.05, 0) is 5.56 Å². The van der Waals surface area contributed by atoms with Gasteiger partial charge in [0.05, 0.1) is 52.5 Å². The Kier molecular flexibility index (Phi) is 13.2. The molecule has 31 heavy (non-hydrogen) atoms. The summed E-state index contributed by atoms with van der Waals surface area (Å²) in [5, 5.41) is 20.0. The van der Waals surface area contributed by atoms with Gasteiger partial charge in [0.1, 0.15) is 6.61 Å². The number of rotatable bonds is 17. The number of nitrogens with one attached hydrogen (secondary N) is 1. The summed E-state index contributed by atoms with van der Waals surface area (Å²) in [6.07, 6.45) is 0.131. The van der Waals surface area contributed by atoms with Crippen molar-refractivity contribution in [3.05, 3.63) is 35.9 Å². The maximum atomic E-state index is 11.7. The third kappa shape index (κ3) is 14.6. The third-order valence-corrected chi connectivity index (χ3v) is 3.72. The van der Waals surface area contributed by atoms with Crippen LogP contribution in [0.15, 0.2) is 30.3 Å². The van der Waals surface area contributed by atoms with Gasteiger partial charge in [0.15, 0.2) is 0 Å². The monoisotopic (exact) mass is 440 g/mol. The Bertz CT molecular complexity index is 681. The van der Waals surface area contributed by atoms with E-state index in [0.717, 1.165) is 10.5 Å². The predicted octanol–water partition coefficient (Wildman–Crippen LogP) is -0.259. The Morgan fingerprint density at radius 1 is 0.839 bits per heavy atom. The summed E-state index contributed by atoms with van der Waals surface area (Å²) in [7, 11) is 0. The first kappa shape index (κ1) is 26.0. The topological polar surface area (TPSA) is 152 Å². The Labute approximate surface area is 179 Å². The Morgan fingerprint density at radius 2 is 1.45 bits per heavy atom. The zero-order chi connectivity index (χ0) is 22.9. The lowest BCUT2D eigenvalue weighted by molar-refractivity contribution is -0.146. The Morgan fingerprint density at radius 3 is 2.06 bits per heavy atom. The fraction of sp³-hybridized carbons (Fsp3) is 0.500. The third-order valence-electron chi connectivity index (χ3n) is 3.72. The number of nitrogens with zero attached hydrogens (tertiary/aromatic N) is 1. The fourth-order valence-corrected chi connectivity index (χ4v) is 2.36. The second-order valence-corrected chi connectivity index (χ2v) is 6.40. The van der Waals surface area contributed by atoms with Gasteiger partial charge in [-0.2, -0.15) is 0 Å². The van der Waals surface area contributed by atoms with Crippen LogP contribution in [0, 0.1) is 0 Å². The smallest absolute Gasteiger partial charge is 0.317 e. The van der Waals surface area contributed by atoms with Crippen molar-refractivity contribution in [2.45, 2.75) is 13.0 Å². The molecule has 0 aromatic heterocycles. The number of aliphatic carboxylic acids is 2. The zero-order valence-electron chi connectivity index (χ0n) is 17.2. The van der Waals surface area contributed by atoms with Gasteiger partial charge in [-0.1, -0.05) is 30.3 Å². The van der Waals surface area contributed by atoms with E-state index in [4.69, 9.17) is 24.4 Å². The molecule has 0 spiro atoms. The highest BCUT2D eigenvalue weighted by Crippen LogP contribution is 2.01. The quantitative estimate of drug-likeness (QED) is 0.218. The number of hydrogen-bond donors (Lipinski definition) is 3. The second-order valence-electron chi connectivity index (χ2n) is 6.40. The number of carboxylic acids is 2. The van der Waals surface area contributed by atoms with E-state index in [1.807, 2.05) is 30.3 Å². The SMILES string of the molecule is O=C(O)CN(CC(=O)O)CC(=O)NCCOCCOCCC(=O)OCc1ccccc1. The van der Waals surface area contributed by atoms with Crippen LogP contribution in [0.4, 0.5) is 0 Å². The van der Waals surface area contributed by atoms with Crippen molar-refractivity contribution in [3.8, 4) is 0 Å². The van der Waals surface area contributed by atoms with Crippen LogP contribution in [0.1, 0.15) is 12.0 Å². The van der Waals surface area contributed by atoms with Crippen molar-refractivity contribution < 1.29 is 43.6 Å². The van der Waals surface area contributed by atoms with Gasteiger partial charge in [-0.15, -0.1) is 0 Å². The van der Waals surface area contributed by atoms with Crippen LogP contribution in [-0.4, -0.2) is 91.5 Å². The molecule has 172 valence electrons. The molecular formula is C20H28N2O9. The highest BCUT2D eigenvalue weighted by Gasteiger charge is 2.16. The maximum Gasteiger partial charge on any atom is 0.317 e. The zero-order valence-corrected chi connectivity index (χ0v) is 17.2. The van der Waals surface area contributed by atoms with Gasteiger partial charge in [0.2, 0.25) is 5.91 Å². The molecule has 1 amide bonds. The summed E-state index contributed by atoms with van der Waals surface area (Å²) in [5.74, 6) is -3.30. The maximum absolute atomic E-state index is 11.7. The van der Waals surface area contributed by atoms with Gasteiger partial charge in [0.25, 0.3) is 0 Å². The van der Waals surface area contributed by atoms with Crippen LogP contribution in [0.25, 0.3) is 0 Å². The Balaban J connectivity index is 1.99. The minimum atomic E-state index is -1.22. The summed E-state index contributed by atoms with van der Waals surface area (Å²) in [6, 6.07) is 9.35. The van der Waals surface area contributed by atoms with E-state index in [1.54, 1.807) is 0 Å². The normalized spacial score (nSPS) is 10.6. The summed E-state index contributed by atoms with van der Waals surface area (Å²) < 4.78 is 15.7. The van der Waals surface area contributed by atoms with Crippen molar-refractivity contribution in [2.24, 2.45) is 0 Å². The molecule has 1 rings (SSSR count). The average molecular weight is 440 g/mol. The standard InChI is InChI=1S/C20H28N2O9/c23-17(12-22(13-18(24)25)14-19(26)27)21-7-9-30-11-10-29-8-6-20(28)31-15-16-4-2-1-3-5-16/h1-5H,6-15H2,(H,21,23)(H,24,25)(H,26,27). The largest absolute Gasteiger partial charge is 0.480 e. The van der Waals surface area contributed by atoms with Crippen LogP contribution >= 0.6 is 0 Å². The number of hydrogen-bond acceptors (Lipinski definition) is 8. The summed E-state index contributed by atoms with van der Waals surface area (Å²) in [5.41, 5.74) is 0.911. The molecule has 0 fully saturated rings. The predicted molar refractivity (Wildman–Crippen MR) is 107 cm³/mol. The molecule has 0 aliphatic heterocycles. The van der Waals surface area contributed by atoms with Gasteiger partial charge in [-0.3, -0.25) is 24.1 Å². The molecule has 1 aromatic carbocycles. The molecular weight excluding hydrogens is 412 g/mol. The van der Waals surface area contributed by atoms with E-state index in [-0.39, 0.29) is 58.5 Å². The van der Waals surface area contributed by atoms with E-state index >= 15 is 0 Å². The molecule has 0 bridgehead atoms. The van der Waals surface area contributed by atoms with Crippen LogP contribution in [-0.2, 0) is 40.0 Å². The molecule has 0 unspecified atom stereocenters. The minimum absolute atomic E-state index is 0.131. The second kappa shape index (κ2) is 15.8. The van der Waals surface area contributed by atoms with Crippen LogP contribution in [0.2, 0.25) is 0 Å². The fourth-order valence-electron chi connectivity index (χ4n) is 2.36. The number of esters is 1. The van der Waals surface area contributed by atoms with Gasteiger partial charge >= 0.3 is 17.9 Å². The van der Waals surface area contributed by atoms with E-state index in [0.29, 0.717) is 0 Å². The molecule has 0 saturated heterocycles. The number of carboxylic acid groups (broad SMARTS) is 2. The summed E-state index contributed by atoms with van der Waals surface area (Å²) in [4.78, 5) is 45.7. The van der Waals surface area contributed by atoms with Crippen molar-refractivity contribution in [1.82, 2.24) is 10.2 Å². The van der Waals surface area contributed by atoms with E-state index in [1.165, 1.54) is 0 Å². The molecule has 11 heteroatoms. The lowest BCUT2D eigenvalue weighted by atomic mass is 10.2. The van der Waals surface area contributed by atoms with Crippen LogP contribution < -0.4 is 5.32 Å². The number of amides is 1. The summed E-state index contributed by atoms with van der Waals surface area (Å²) >= 11 is 0. The molecule has 0 heterocycles. The van der Waals surface area contributed by atoms with Gasteiger partial charge in [-0.25, -0.2) is 0 Å². The number of carbonyl (C=O) groups excluding carboxylic acids is 2. The molecule has 1 aromatic rings. The van der Waals surface area contributed by atoms with Crippen molar-refractivity contribution in [2.75, 3.05) is 52.6 Å². The Hall–Kier alpha value is -3.02. The molecule has 0 atom stereocenters. The van der Waals surface area contributed by atoms with E-state index in [9.17, 15) is 19.2 Å². The highest BCUT2D eigenvalue weighted by molar-refractivity contribution is 5.80. The first-order valence-electron chi connectivity index (χ1n) is 9.64. The van der Waals surface area contributed by atoms with Gasteiger partial charge in [0, 0.05) is 6.54 Å². The number of benzene rings is 1. The lowest BCUT2D eigenvalue weighted by Crippen LogP contribution is -2.42. The summed E-state index contributed by atoms with van der Waals surface area (Å²) in [6.45, 7) is -0.104. The molecule has 0 aliphatic carbocycles. The first-order chi connectivity index (χ1) is 14.9. The van der Waals surface area contributed by atoms with Crippen molar-refractivity contribution in [3.63, 3.8) is 0 Å². The minimum Gasteiger partial charge on any atom is -0.480 e. The molecule has 0 saturated carbocycles. The van der Waals surface area contributed by atoms with Crippen molar-refractivity contribution >= 4 is 23.8 Å². The number of ether oxygens (including phenoxy) is 3.